The molecule has 0 radical (unpaired) electrons. The summed E-state index contributed by atoms with van der Waals surface area (Å²) >= 11 is 0. The van der Waals surface area contributed by atoms with Crippen molar-refractivity contribution < 1.29 is 4.74 Å². The molecule has 1 unspecified atom stereocenters. The Balaban J connectivity index is 1.96. The second-order valence-electron chi connectivity index (χ2n) is 6.33. The highest BCUT2D eigenvalue weighted by molar-refractivity contribution is 5.21. The molecule has 4 nitrogen and oxygen atoms in total. The summed E-state index contributed by atoms with van der Waals surface area (Å²) in [5.41, 5.74) is 2.74. The van der Waals surface area contributed by atoms with E-state index in [1.165, 1.54) is 17.2 Å². The normalized spacial score (nSPS) is 26.2. The van der Waals surface area contributed by atoms with Crippen molar-refractivity contribution >= 4 is 0 Å². The maximum atomic E-state index is 5.87. The van der Waals surface area contributed by atoms with E-state index in [-0.39, 0.29) is 5.60 Å². The molecule has 0 aliphatic carbocycles. The molecule has 0 aromatic carbocycles. The Kier molecular flexibility index (Phi) is 3.39. The molecule has 0 spiro atoms. The summed E-state index contributed by atoms with van der Waals surface area (Å²) in [6.07, 6.45) is 4.34. The minimum atomic E-state index is -0.00199. The maximum absolute atomic E-state index is 5.87. The summed E-state index contributed by atoms with van der Waals surface area (Å²) in [7, 11) is 0. The molecule has 3 heterocycles. The summed E-state index contributed by atoms with van der Waals surface area (Å²) in [5, 5.41) is 3.42. The molecule has 1 aromatic rings. The largest absolute Gasteiger partial charge is 0.375 e. The Bertz CT molecular complexity index is 464. The predicted octanol–water partition coefficient (Wildman–Crippen LogP) is 2.22. The zero-order valence-electron chi connectivity index (χ0n) is 12.3. The van der Waals surface area contributed by atoms with E-state index >= 15 is 0 Å². The van der Waals surface area contributed by atoms with E-state index in [1.807, 2.05) is 0 Å². The molecule has 1 N–H and O–H groups in total. The van der Waals surface area contributed by atoms with E-state index in [4.69, 9.17) is 9.72 Å². The van der Waals surface area contributed by atoms with Crippen molar-refractivity contribution in [3.05, 3.63) is 17.2 Å². The van der Waals surface area contributed by atoms with Crippen LogP contribution in [-0.4, -0.2) is 28.3 Å². The lowest BCUT2D eigenvalue weighted by Crippen LogP contribution is -2.36. The molecule has 19 heavy (non-hydrogen) atoms. The van der Waals surface area contributed by atoms with Crippen molar-refractivity contribution in [2.45, 2.75) is 64.6 Å². The molecular formula is C15H25N3O. The van der Waals surface area contributed by atoms with Crippen molar-refractivity contribution in [3.8, 4) is 0 Å². The predicted molar refractivity (Wildman–Crippen MR) is 75.3 cm³/mol. The smallest absolute Gasteiger partial charge is 0.109 e. The fourth-order valence-electron chi connectivity index (χ4n) is 3.49. The molecular weight excluding hydrogens is 238 g/mol. The third-order valence-electron chi connectivity index (χ3n) is 4.35. The molecule has 2 aliphatic heterocycles. The van der Waals surface area contributed by atoms with Gasteiger partial charge in [-0.1, -0.05) is 6.92 Å². The van der Waals surface area contributed by atoms with E-state index in [2.05, 4.69) is 30.7 Å². The van der Waals surface area contributed by atoms with Crippen LogP contribution < -0.4 is 5.32 Å². The summed E-state index contributed by atoms with van der Waals surface area (Å²) in [6.45, 7) is 9.50. The van der Waals surface area contributed by atoms with Gasteiger partial charge in [-0.15, -0.1) is 0 Å². The number of aromatic nitrogens is 2. The van der Waals surface area contributed by atoms with Gasteiger partial charge in [0.05, 0.1) is 11.3 Å². The van der Waals surface area contributed by atoms with Gasteiger partial charge in [0.25, 0.3) is 0 Å². The number of rotatable bonds is 2. The molecule has 0 saturated carbocycles. The number of imidazole rings is 1. The van der Waals surface area contributed by atoms with Crippen molar-refractivity contribution in [2.24, 2.45) is 0 Å². The highest BCUT2D eigenvalue weighted by Crippen LogP contribution is 2.35. The Morgan fingerprint density at radius 2 is 2.32 bits per heavy atom. The first-order chi connectivity index (χ1) is 9.11. The molecule has 1 aromatic heterocycles. The molecule has 1 atom stereocenters. The van der Waals surface area contributed by atoms with E-state index in [0.29, 0.717) is 6.04 Å². The zero-order chi connectivity index (χ0) is 13.5. The van der Waals surface area contributed by atoms with Crippen LogP contribution >= 0.6 is 0 Å². The number of nitrogens with zero attached hydrogens (tertiary/aromatic N) is 2. The molecule has 1 saturated heterocycles. The summed E-state index contributed by atoms with van der Waals surface area (Å²) in [6, 6.07) is 0.563. The molecule has 3 rings (SSSR count). The van der Waals surface area contributed by atoms with E-state index in [9.17, 15) is 0 Å². The maximum Gasteiger partial charge on any atom is 0.109 e. The van der Waals surface area contributed by atoms with Crippen LogP contribution in [0.1, 0.15) is 56.9 Å². The first-order valence-electron chi connectivity index (χ1n) is 7.54. The van der Waals surface area contributed by atoms with E-state index < -0.39 is 0 Å². The molecule has 1 fully saturated rings. The van der Waals surface area contributed by atoms with Gasteiger partial charge in [0.2, 0.25) is 0 Å². The lowest BCUT2D eigenvalue weighted by atomic mass is 9.93. The fourth-order valence-corrected chi connectivity index (χ4v) is 3.49. The van der Waals surface area contributed by atoms with Gasteiger partial charge in [-0.05, 0) is 26.7 Å². The first-order valence-corrected chi connectivity index (χ1v) is 7.54. The van der Waals surface area contributed by atoms with Crippen LogP contribution in [0.2, 0.25) is 0 Å². The fraction of sp³-hybridized carbons (Fsp3) is 0.800. The second-order valence-corrected chi connectivity index (χ2v) is 6.33. The highest BCUT2D eigenvalue weighted by atomic mass is 16.5. The van der Waals surface area contributed by atoms with Crippen LogP contribution in [0.15, 0.2) is 0 Å². The quantitative estimate of drug-likeness (QED) is 0.889. The van der Waals surface area contributed by atoms with Gasteiger partial charge in [-0.25, -0.2) is 4.98 Å². The van der Waals surface area contributed by atoms with Gasteiger partial charge in [0.1, 0.15) is 5.82 Å². The Labute approximate surface area is 115 Å². The van der Waals surface area contributed by atoms with Gasteiger partial charge >= 0.3 is 0 Å². The third kappa shape index (κ3) is 2.43. The average Bonchev–Trinajstić information content (AvgIpc) is 2.75. The highest BCUT2D eigenvalue weighted by Gasteiger charge is 2.33. The summed E-state index contributed by atoms with van der Waals surface area (Å²) < 4.78 is 8.41. The van der Waals surface area contributed by atoms with Gasteiger partial charge < -0.3 is 14.6 Å². The third-order valence-corrected chi connectivity index (χ3v) is 4.35. The monoisotopic (exact) mass is 263 g/mol. The van der Waals surface area contributed by atoms with E-state index in [1.54, 1.807) is 0 Å². The van der Waals surface area contributed by atoms with Crippen LogP contribution in [0.3, 0.4) is 0 Å². The average molecular weight is 263 g/mol. The summed E-state index contributed by atoms with van der Waals surface area (Å²) in [4.78, 5) is 4.85. The molecule has 4 heteroatoms. The lowest BCUT2D eigenvalue weighted by Gasteiger charge is -2.37. The molecule has 106 valence electrons. The molecule has 0 amide bonds. The Morgan fingerprint density at radius 3 is 3.05 bits per heavy atom. The second kappa shape index (κ2) is 4.91. The lowest BCUT2D eigenvalue weighted by molar-refractivity contribution is -0.0697. The molecule has 0 bridgehead atoms. The topological polar surface area (TPSA) is 39.1 Å². The minimum Gasteiger partial charge on any atom is -0.375 e. The number of aryl methyl sites for hydroxylation is 1. The number of ether oxygens (including phenoxy) is 1. The van der Waals surface area contributed by atoms with Gasteiger partial charge in [0, 0.05) is 44.3 Å². The SMILES string of the molecule is CCc1nc2c(n1C1CCOC(C)(C)C1)CCNC2. The van der Waals surface area contributed by atoms with Crippen molar-refractivity contribution in [2.75, 3.05) is 13.2 Å². The molecule has 2 aliphatic rings. The number of hydrogen-bond donors (Lipinski definition) is 1. The number of nitrogens with one attached hydrogen (secondary N) is 1. The van der Waals surface area contributed by atoms with Gasteiger partial charge in [0.15, 0.2) is 0 Å². The van der Waals surface area contributed by atoms with Crippen LogP contribution in [-0.2, 0) is 24.1 Å². The number of fused-ring (bicyclic) bond motifs is 1. The van der Waals surface area contributed by atoms with E-state index in [0.717, 1.165) is 45.4 Å². The standard InChI is InChI=1S/C15H25N3O/c1-4-14-17-12-10-16-7-5-13(12)18(14)11-6-8-19-15(2,3)9-11/h11,16H,4-10H2,1-3H3. The van der Waals surface area contributed by atoms with Gasteiger partial charge in [-0.3, -0.25) is 0 Å². The van der Waals surface area contributed by atoms with Crippen molar-refractivity contribution in [1.82, 2.24) is 14.9 Å². The van der Waals surface area contributed by atoms with Crippen LogP contribution in [0.4, 0.5) is 0 Å². The number of hydrogen-bond acceptors (Lipinski definition) is 3. The van der Waals surface area contributed by atoms with Gasteiger partial charge in [-0.2, -0.15) is 0 Å². The summed E-state index contributed by atoms with van der Waals surface area (Å²) in [5.74, 6) is 1.26. The van der Waals surface area contributed by atoms with Crippen molar-refractivity contribution in [1.29, 1.82) is 0 Å². The minimum absolute atomic E-state index is 0.00199. The first kappa shape index (κ1) is 13.1. The zero-order valence-corrected chi connectivity index (χ0v) is 12.3. The van der Waals surface area contributed by atoms with Crippen LogP contribution in [0, 0.1) is 0 Å². The Morgan fingerprint density at radius 1 is 1.47 bits per heavy atom. The van der Waals surface area contributed by atoms with Crippen LogP contribution in [0.5, 0.6) is 0 Å². The Hall–Kier alpha value is -0.870. The van der Waals surface area contributed by atoms with Crippen molar-refractivity contribution in [3.63, 3.8) is 0 Å². The van der Waals surface area contributed by atoms with Crippen LogP contribution in [0.25, 0.3) is 0 Å².